The first-order chi connectivity index (χ1) is 14.4. The van der Waals surface area contributed by atoms with Crippen molar-refractivity contribution < 1.29 is 9.18 Å². The number of carbonyl (C=O) groups excluding carboxylic acids is 1. The normalized spacial score (nSPS) is 16.6. The number of hydrogen-bond acceptors (Lipinski definition) is 3. The molecule has 0 saturated carbocycles. The van der Waals surface area contributed by atoms with E-state index in [9.17, 15) is 14.0 Å². The summed E-state index contributed by atoms with van der Waals surface area (Å²) in [5.41, 5.74) is 2.48. The Morgan fingerprint density at radius 1 is 1.20 bits per heavy atom. The number of fused-ring (bicyclic) bond motifs is 1. The molecular formula is C23H27FN4O2. The highest BCUT2D eigenvalue weighted by Crippen LogP contribution is 2.26. The molecule has 1 N–H and O–H groups in total. The molecule has 158 valence electrons. The van der Waals surface area contributed by atoms with Gasteiger partial charge < -0.3 is 9.88 Å². The predicted octanol–water partition coefficient (Wildman–Crippen LogP) is 3.15. The minimum atomic E-state index is -0.295. The number of likely N-dealkylation sites (N-methyl/N-ethyl adjacent to an activating group) is 1. The van der Waals surface area contributed by atoms with E-state index in [2.05, 4.69) is 9.88 Å². The zero-order valence-electron chi connectivity index (χ0n) is 17.3. The summed E-state index contributed by atoms with van der Waals surface area (Å²) in [5.74, 6) is -0.280. The highest BCUT2D eigenvalue weighted by atomic mass is 19.1. The van der Waals surface area contributed by atoms with Gasteiger partial charge in [-0.3, -0.25) is 14.3 Å². The minimum Gasteiger partial charge on any atom is -0.340 e. The molecule has 1 atom stereocenters. The fraction of sp³-hybridized carbons (Fsp3) is 0.391. The molecule has 6 nitrogen and oxygen atoms in total. The monoisotopic (exact) mass is 410 g/mol. The van der Waals surface area contributed by atoms with Crippen LogP contribution in [0.3, 0.4) is 0 Å². The van der Waals surface area contributed by atoms with Gasteiger partial charge in [-0.05, 0) is 49.6 Å². The third kappa shape index (κ3) is 4.03. The maximum Gasteiger partial charge on any atom is 0.326 e. The van der Waals surface area contributed by atoms with E-state index in [0.29, 0.717) is 6.54 Å². The van der Waals surface area contributed by atoms with Crippen LogP contribution in [0.2, 0.25) is 0 Å². The van der Waals surface area contributed by atoms with Crippen molar-refractivity contribution in [3.63, 3.8) is 0 Å². The van der Waals surface area contributed by atoms with Gasteiger partial charge in [-0.1, -0.05) is 24.3 Å². The lowest BCUT2D eigenvalue weighted by molar-refractivity contribution is -0.136. The van der Waals surface area contributed by atoms with Crippen LogP contribution in [-0.4, -0.2) is 51.4 Å². The van der Waals surface area contributed by atoms with Crippen molar-refractivity contribution in [1.82, 2.24) is 19.4 Å². The number of nitrogens with one attached hydrogen (secondary N) is 1. The van der Waals surface area contributed by atoms with E-state index in [1.807, 2.05) is 41.8 Å². The summed E-state index contributed by atoms with van der Waals surface area (Å²) in [4.78, 5) is 32.1. The van der Waals surface area contributed by atoms with E-state index >= 15 is 0 Å². The van der Waals surface area contributed by atoms with Gasteiger partial charge in [-0.15, -0.1) is 0 Å². The second-order valence-corrected chi connectivity index (χ2v) is 8.08. The number of halogens is 1. The number of para-hydroxylation sites is 2. The SMILES string of the molecule is CC(C(=O)N(C)Cc1cccc(F)c1)N1CCC(n2c(=O)[nH]c3ccccc32)CC1. The van der Waals surface area contributed by atoms with Crippen LogP contribution in [0.4, 0.5) is 4.39 Å². The second-order valence-electron chi connectivity index (χ2n) is 8.08. The first-order valence-corrected chi connectivity index (χ1v) is 10.4. The number of carbonyl (C=O) groups is 1. The van der Waals surface area contributed by atoms with Crippen LogP contribution < -0.4 is 5.69 Å². The van der Waals surface area contributed by atoms with Crippen LogP contribution in [0, 0.1) is 5.82 Å². The zero-order valence-corrected chi connectivity index (χ0v) is 17.3. The first-order valence-electron chi connectivity index (χ1n) is 10.4. The van der Waals surface area contributed by atoms with Crippen molar-refractivity contribution in [3.05, 3.63) is 70.4 Å². The van der Waals surface area contributed by atoms with Gasteiger partial charge in [0.25, 0.3) is 0 Å². The van der Waals surface area contributed by atoms with Crippen molar-refractivity contribution >= 4 is 16.9 Å². The van der Waals surface area contributed by atoms with Gasteiger partial charge in [0, 0.05) is 32.7 Å². The summed E-state index contributed by atoms with van der Waals surface area (Å²) in [6, 6.07) is 13.9. The number of hydrogen-bond donors (Lipinski definition) is 1. The van der Waals surface area contributed by atoms with E-state index in [1.165, 1.54) is 12.1 Å². The number of benzene rings is 2. The number of imidazole rings is 1. The van der Waals surface area contributed by atoms with Crippen LogP contribution in [0.5, 0.6) is 0 Å². The smallest absolute Gasteiger partial charge is 0.326 e. The molecule has 0 radical (unpaired) electrons. The maximum atomic E-state index is 13.4. The van der Waals surface area contributed by atoms with Crippen LogP contribution in [-0.2, 0) is 11.3 Å². The first kappa shape index (κ1) is 20.3. The van der Waals surface area contributed by atoms with E-state index in [-0.39, 0.29) is 29.5 Å². The summed E-state index contributed by atoms with van der Waals surface area (Å²) in [7, 11) is 1.75. The molecule has 1 saturated heterocycles. The lowest BCUT2D eigenvalue weighted by atomic mass is 10.0. The van der Waals surface area contributed by atoms with E-state index < -0.39 is 0 Å². The quantitative estimate of drug-likeness (QED) is 0.703. The lowest BCUT2D eigenvalue weighted by Gasteiger charge is -2.37. The van der Waals surface area contributed by atoms with Crippen LogP contribution >= 0.6 is 0 Å². The molecule has 1 aromatic heterocycles. The molecule has 1 aliphatic rings. The highest BCUT2D eigenvalue weighted by Gasteiger charge is 2.30. The molecule has 1 aliphatic heterocycles. The second kappa shape index (κ2) is 8.44. The molecule has 0 spiro atoms. The molecule has 7 heteroatoms. The summed E-state index contributed by atoms with van der Waals surface area (Å²) in [6.45, 7) is 3.79. The van der Waals surface area contributed by atoms with Crippen LogP contribution in [0.1, 0.15) is 31.4 Å². The van der Waals surface area contributed by atoms with Crippen molar-refractivity contribution in [2.45, 2.75) is 38.4 Å². The number of likely N-dealkylation sites (tertiary alicyclic amines) is 1. The average Bonchev–Trinajstić information content (AvgIpc) is 3.08. The Morgan fingerprint density at radius 3 is 2.67 bits per heavy atom. The molecular weight excluding hydrogens is 383 g/mol. The number of piperidine rings is 1. The standard InChI is InChI=1S/C23H27FN4O2/c1-16(22(29)26(2)15-17-6-5-7-18(24)14-17)27-12-10-19(11-13-27)28-21-9-4-3-8-20(21)25-23(28)30/h3-9,14,16,19H,10-13,15H2,1-2H3,(H,25,30). The Hall–Kier alpha value is -2.93. The number of rotatable bonds is 5. The van der Waals surface area contributed by atoms with Gasteiger partial charge in [0.1, 0.15) is 5.82 Å². The average molecular weight is 410 g/mol. The lowest BCUT2D eigenvalue weighted by Crippen LogP contribution is -2.49. The van der Waals surface area contributed by atoms with E-state index in [4.69, 9.17) is 0 Å². The fourth-order valence-electron chi connectivity index (χ4n) is 4.43. The van der Waals surface area contributed by atoms with Crippen molar-refractivity contribution in [2.75, 3.05) is 20.1 Å². The van der Waals surface area contributed by atoms with Gasteiger partial charge >= 0.3 is 5.69 Å². The Labute approximate surface area is 174 Å². The molecule has 3 aromatic rings. The molecule has 0 bridgehead atoms. The number of nitrogens with zero attached hydrogens (tertiary/aromatic N) is 3. The molecule has 1 fully saturated rings. The minimum absolute atomic E-state index is 0.0157. The van der Waals surface area contributed by atoms with Crippen molar-refractivity contribution in [2.24, 2.45) is 0 Å². The van der Waals surface area contributed by atoms with E-state index in [0.717, 1.165) is 42.5 Å². The molecule has 30 heavy (non-hydrogen) atoms. The number of aromatic nitrogens is 2. The molecule has 0 aliphatic carbocycles. The molecule has 2 aromatic carbocycles. The van der Waals surface area contributed by atoms with Crippen molar-refractivity contribution in [3.8, 4) is 0 Å². The fourth-order valence-corrected chi connectivity index (χ4v) is 4.43. The third-order valence-corrected chi connectivity index (χ3v) is 6.08. The Balaban J connectivity index is 1.39. The maximum absolute atomic E-state index is 13.4. The topological polar surface area (TPSA) is 61.3 Å². The zero-order chi connectivity index (χ0) is 21.3. The van der Waals surface area contributed by atoms with Gasteiger partial charge in [0.05, 0.1) is 17.1 Å². The summed E-state index contributed by atoms with van der Waals surface area (Å²) in [6.07, 6.45) is 1.62. The Bertz CT molecular complexity index is 1100. The largest absolute Gasteiger partial charge is 0.340 e. The summed E-state index contributed by atoms with van der Waals surface area (Å²) < 4.78 is 15.3. The molecule has 1 unspecified atom stereocenters. The van der Waals surface area contributed by atoms with E-state index in [1.54, 1.807) is 18.0 Å². The predicted molar refractivity (Wildman–Crippen MR) is 115 cm³/mol. The van der Waals surface area contributed by atoms with Gasteiger partial charge in [-0.25, -0.2) is 9.18 Å². The number of amides is 1. The Morgan fingerprint density at radius 2 is 1.93 bits per heavy atom. The van der Waals surface area contributed by atoms with Crippen LogP contribution in [0.25, 0.3) is 11.0 Å². The molecule has 2 heterocycles. The summed E-state index contributed by atoms with van der Waals surface area (Å²) in [5, 5.41) is 0. The third-order valence-electron chi connectivity index (χ3n) is 6.08. The van der Waals surface area contributed by atoms with Gasteiger partial charge in [0.2, 0.25) is 5.91 Å². The summed E-state index contributed by atoms with van der Waals surface area (Å²) >= 11 is 0. The highest BCUT2D eigenvalue weighted by molar-refractivity contribution is 5.81. The number of H-pyrrole nitrogens is 1. The van der Waals surface area contributed by atoms with Crippen LogP contribution in [0.15, 0.2) is 53.3 Å². The number of aromatic amines is 1. The molecule has 4 rings (SSSR count). The van der Waals surface area contributed by atoms with Gasteiger partial charge in [-0.2, -0.15) is 0 Å². The van der Waals surface area contributed by atoms with Gasteiger partial charge in [0.15, 0.2) is 0 Å². The molecule has 1 amide bonds. The van der Waals surface area contributed by atoms with Crippen molar-refractivity contribution in [1.29, 1.82) is 0 Å². The Kier molecular flexibility index (Phi) is 5.72.